The van der Waals surface area contributed by atoms with E-state index >= 15 is 0 Å². The van der Waals surface area contributed by atoms with Crippen LogP contribution < -0.4 is 36.3 Å². The Balaban J connectivity index is 1.12. The van der Waals surface area contributed by atoms with Crippen molar-refractivity contribution in [1.82, 2.24) is 19.8 Å². The summed E-state index contributed by atoms with van der Waals surface area (Å²) < 4.78 is 12.5. The molecule has 1 aromatic heterocycles. The van der Waals surface area contributed by atoms with Crippen molar-refractivity contribution in [3.8, 4) is 11.5 Å². The van der Waals surface area contributed by atoms with Crippen molar-refractivity contribution in [3.63, 3.8) is 0 Å². The highest BCUT2D eigenvalue weighted by Crippen LogP contribution is 2.53. The number of aromatic nitrogens is 2. The molecule has 0 bridgehead atoms. The van der Waals surface area contributed by atoms with Crippen LogP contribution in [0.25, 0.3) is 10.9 Å². The van der Waals surface area contributed by atoms with Crippen molar-refractivity contribution in [1.29, 1.82) is 0 Å². The molecule has 7 rings (SSSR count). The number of nitrogens with one attached hydrogen (secondary N) is 2. The van der Waals surface area contributed by atoms with Crippen molar-refractivity contribution in [2.24, 2.45) is 0 Å². The maximum atomic E-state index is 14.3. The zero-order chi connectivity index (χ0) is 44.7. The number of nitrogens with zero attached hydrogens (tertiary/aromatic N) is 3. The molecule has 1 fully saturated rings. The highest BCUT2D eigenvalue weighted by Gasteiger charge is 2.60. The highest BCUT2D eigenvalue weighted by atomic mass is 16.5. The number of para-hydroxylation sites is 1. The van der Waals surface area contributed by atoms with Gasteiger partial charge in [-0.25, -0.2) is 4.79 Å². The number of fused-ring (bicyclic) bond motifs is 1. The van der Waals surface area contributed by atoms with E-state index in [4.69, 9.17) is 9.47 Å². The molecule has 0 saturated heterocycles. The molecule has 1 aliphatic rings. The Labute approximate surface area is 365 Å². The lowest BCUT2D eigenvalue weighted by atomic mass is 9.92. The van der Waals surface area contributed by atoms with Gasteiger partial charge in [0.15, 0.2) is 5.78 Å². The van der Waals surface area contributed by atoms with Gasteiger partial charge in [-0.15, -0.1) is 0 Å². The summed E-state index contributed by atoms with van der Waals surface area (Å²) in [7, 11) is 4.75. The van der Waals surface area contributed by atoms with E-state index in [0.717, 1.165) is 31.6 Å². The SMILES string of the molecule is COc1ccc(C(C)CCC(=O)[C@]2(NC(=O)Cn3c(=O)n(CC(=O)N[C@@H](Cc4ccccc4)C(=O)N(C)c4ccc(OC)cc4)c(=O)c4ccccc43)CC2c2ccccc2)cc1. The monoisotopic (exact) mass is 849 g/mol. The number of ether oxygens (including phenoxy) is 2. The first-order valence-electron chi connectivity index (χ1n) is 20.9. The molecule has 5 aromatic carbocycles. The third-order valence-electron chi connectivity index (χ3n) is 12.0. The molecule has 1 aliphatic carbocycles. The fourth-order valence-corrected chi connectivity index (χ4v) is 8.23. The van der Waals surface area contributed by atoms with E-state index in [1.54, 1.807) is 63.7 Å². The Kier molecular flexibility index (Phi) is 13.3. The van der Waals surface area contributed by atoms with E-state index in [2.05, 4.69) is 17.6 Å². The zero-order valence-electron chi connectivity index (χ0n) is 35.8. The van der Waals surface area contributed by atoms with Crippen LogP contribution in [-0.4, -0.2) is 65.5 Å². The van der Waals surface area contributed by atoms with Crippen LogP contribution in [0.2, 0.25) is 0 Å². The first-order valence-corrected chi connectivity index (χ1v) is 20.9. The second-order valence-electron chi connectivity index (χ2n) is 16.0. The van der Waals surface area contributed by atoms with E-state index < -0.39 is 53.6 Å². The molecule has 3 amide bonds. The average molecular weight is 850 g/mol. The summed E-state index contributed by atoms with van der Waals surface area (Å²) in [5, 5.41) is 5.91. The van der Waals surface area contributed by atoms with Crippen LogP contribution >= 0.6 is 0 Å². The number of carbonyl (C=O) groups excluding carboxylic acids is 4. The number of ketones is 1. The van der Waals surface area contributed by atoms with Crippen molar-refractivity contribution >= 4 is 40.1 Å². The van der Waals surface area contributed by atoms with Gasteiger partial charge in [0.2, 0.25) is 17.7 Å². The molecular formula is C50H51N5O8. The van der Waals surface area contributed by atoms with Gasteiger partial charge in [0.05, 0.1) is 25.1 Å². The summed E-state index contributed by atoms with van der Waals surface area (Å²) in [6.07, 6.45) is 1.29. The van der Waals surface area contributed by atoms with E-state index in [9.17, 15) is 28.8 Å². The predicted molar refractivity (Wildman–Crippen MR) is 241 cm³/mol. The average Bonchev–Trinajstić information content (AvgIpc) is 4.05. The van der Waals surface area contributed by atoms with Gasteiger partial charge in [0, 0.05) is 31.5 Å². The second-order valence-corrected chi connectivity index (χ2v) is 16.0. The van der Waals surface area contributed by atoms with Gasteiger partial charge < -0.3 is 25.0 Å². The van der Waals surface area contributed by atoms with Crippen molar-refractivity contribution in [3.05, 3.63) is 171 Å². The van der Waals surface area contributed by atoms with E-state index in [0.29, 0.717) is 24.3 Å². The lowest BCUT2D eigenvalue weighted by Gasteiger charge is -2.25. The fourth-order valence-electron chi connectivity index (χ4n) is 8.23. The smallest absolute Gasteiger partial charge is 0.332 e. The number of hydrogen-bond donors (Lipinski definition) is 2. The van der Waals surface area contributed by atoms with Crippen molar-refractivity contribution in [2.75, 3.05) is 26.2 Å². The van der Waals surface area contributed by atoms with Gasteiger partial charge in [-0.1, -0.05) is 91.9 Å². The third-order valence-corrected chi connectivity index (χ3v) is 12.0. The molecule has 0 radical (unpaired) electrons. The minimum Gasteiger partial charge on any atom is -0.497 e. The molecule has 4 atom stereocenters. The maximum Gasteiger partial charge on any atom is 0.332 e. The Morgan fingerprint density at radius 2 is 1.33 bits per heavy atom. The highest BCUT2D eigenvalue weighted by molar-refractivity contribution is 5.99. The van der Waals surface area contributed by atoms with Crippen molar-refractivity contribution < 1.29 is 28.7 Å². The topological polar surface area (TPSA) is 158 Å². The number of carbonyl (C=O) groups is 4. The quantitative estimate of drug-likeness (QED) is 0.111. The van der Waals surface area contributed by atoms with Crippen LogP contribution in [0.5, 0.6) is 11.5 Å². The number of anilines is 1. The number of likely N-dealkylation sites (N-methyl/N-ethyl adjacent to an activating group) is 1. The van der Waals surface area contributed by atoms with Crippen LogP contribution in [-0.2, 0) is 38.7 Å². The first kappa shape index (κ1) is 43.8. The summed E-state index contributed by atoms with van der Waals surface area (Å²) in [6, 6.07) is 38.6. The Morgan fingerprint density at radius 3 is 1.98 bits per heavy atom. The molecule has 13 nitrogen and oxygen atoms in total. The lowest BCUT2D eigenvalue weighted by Crippen LogP contribution is -2.52. The molecule has 1 heterocycles. The van der Waals surface area contributed by atoms with Gasteiger partial charge in [0.1, 0.15) is 36.2 Å². The van der Waals surface area contributed by atoms with Crippen molar-refractivity contribution in [2.45, 2.75) is 69.1 Å². The van der Waals surface area contributed by atoms with Gasteiger partial charge in [-0.3, -0.25) is 33.1 Å². The number of hydrogen-bond acceptors (Lipinski definition) is 8. The van der Waals surface area contributed by atoms with Gasteiger partial charge >= 0.3 is 5.69 Å². The van der Waals surface area contributed by atoms with E-state index in [-0.39, 0.29) is 41.4 Å². The maximum absolute atomic E-state index is 14.3. The van der Waals surface area contributed by atoms with Crippen LogP contribution in [0.4, 0.5) is 5.69 Å². The summed E-state index contributed by atoms with van der Waals surface area (Å²) in [5.74, 6) is -0.741. The summed E-state index contributed by atoms with van der Waals surface area (Å²) in [6.45, 7) is 0.804. The van der Waals surface area contributed by atoms with Gasteiger partial charge in [-0.2, -0.15) is 0 Å². The Morgan fingerprint density at radius 1 is 0.746 bits per heavy atom. The molecule has 2 unspecified atom stereocenters. The summed E-state index contributed by atoms with van der Waals surface area (Å²) in [4.78, 5) is 85.8. The minimum absolute atomic E-state index is 0.0610. The molecule has 0 spiro atoms. The largest absolute Gasteiger partial charge is 0.497 e. The molecular weight excluding hydrogens is 799 g/mol. The molecule has 13 heteroatoms. The van der Waals surface area contributed by atoms with Crippen LogP contribution in [0.1, 0.15) is 54.7 Å². The van der Waals surface area contributed by atoms with Crippen LogP contribution in [0.3, 0.4) is 0 Å². The summed E-state index contributed by atoms with van der Waals surface area (Å²) in [5.41, 5.74) is 0.702. The van der Waals surface area contributed by atoms with Gasteiger partial charge in [0.25, 0.3) is 5.56 Å². The normalized spacial score (nSPS) is 16.3. The van der Waals surface area contributed by atoms with Gasteiger partial charge in [-0.05, 0) is 84.0 Å². The Bertz CT molecular complexity index is 2720. The number of Topliss-reactive ketones (excluding diaryl/α,β-unsaturated/α-hetero) is 1. The standard InChI is InChI=1S/C50H51N5O8/c1-33(35-20-24-38(62-3)25-21-35)19-28-44(56)50(30-41(50)36-15-9-6-10-16-36)52-46(58)32-54-43-18-12-11-17-40(43)47(59)55(49(54)61)31-45(57)51-42(29-34-13-7-5-8-14-34)48(60)53(2)37-22-26-39(63-4)27-23-37/h5-18,20-27,33,41-42H,19,28-32H2,1-4H3,(H,51,57)(H,52,58)/t33?,41?,42-,50-/m0/s1. The van der Waals surface area contributed by atoms with Crippen LogP contribution in [0, 0.1) is 0 Å². The second kappa shape index (κ2) is 19.2. The van der Waals surface area contributed by atoms with E-state index in [1.165, 1.54) is 11.0 Å². The molecule has 324 valence electrons. The summed E-state index contributed by atoms with van der Waals surface area (Å²) >= 11 is 0. The molecule has 0 aliphatic heterocycles. The predicted octanol–water partition coefficient (Wildman–Crippen LogP) is 5.77. The number of rotatable bonds is 18. The zero-order valence-corrected chi connectivity index (χ0v) is 35.8. The number of benzene rings is 5. The lowest BCUT2D eigenvalue weighted by molar-refractivity contribution is -0.129. The third kappa shape index (κ3) is 9.78. The molecule has 63 heavy (non-hydrogen) atoms. The fraction of sp³-hybridized carbons (Fsp3) is 0.280. The van der Waals surface area contributed by atoms with E-state index in [1.807, 2.05) is 84.9 Å². The Hall–Kier alpha value is -7.28. The minimum atomic E-state index is -1.19. The molecule has 2 N–H and O–H groups in total. The molecule has 6 aromatic rings. The number of methoxy groups -OCH3 is 2. The first-order chi connectivity index (χ1) is 30.4. The molecule has 1 saturated carbocycles. The number of amides is 3. The van der Waals surface area contributed by atoms with Crippen LogP contribution in [0.15, 0.2) is 143 Å².